The highest BCUT2D eigenvalue weighted by Crippen LogP contribution is 2.23. The third-order valence-corrected chi connectivity index (χ3v) is 2.37. The summed E-state index contributed by atoms with van der Waals surface area (Å²) < 4.78 is 1.84. The molecule has 3 nitrogen and oxygen atoms in total. The van der Waals surface area contributed by atoms with Crippen LogP contribution in [-0.4, -0.2) is 9.78 Å². The molecule has 0 amide bonds. The second kappa shape index (κ2) is 2.63. The molecule has 0 saturated carbocycles. The number of hydrogen-bond donors (Lipinski definition) is 0. The topological polar surface area (TPSA) is 41.6 Å². The fraction of sp³-hybridized carbons (Fsp3) is 0.556. The van der Waals surface area contributed by atoms with E-state index in [1.54, 1.807) is 0 Å². The molecule has 1 unspecified atom stereocenters. The summed E-state index contributed by atoms with van der Waals surface area (Å²) >= 11 is 0. The number of hydrogen-bond acceptors (Lipinski definition) is 2. The highest BCUT2D eigenvalue weighted by atomic mass is 15.2. The number of nitriles is 1. The molecular weight excluding hydrogens is 150 g/mol. The van der Waals surface area contributed by atoms with E-state index in [9.17, 15) is 0 Å². The first kappa shape index (κ1) is 7.35. The van der Waals surface area contributed by atoms with Crippen LogP contribution >= 0.6 is 0 Å². The second-order valence-corrected chi connectivity index (χ2v) is 3.34. The molecule has 2 rings (SSSR count). The summed E-state index contributed by atoms with van der Waals surface area (Å²) in [6.45, 7) is 0. The van der Waals surface area contributed by atoms with Crippen molar-refractivity contribution in [2.45, 2.75) is 19.3 Å². The number of fused-ring (bicyclic) bond motifs is 1. The van der Waals surface area contributed by atoms with Crippen LogP contribution in [0.5, 0.6) is 0 Å². The Hall–Kier alpha value is -1.30. The minimum Gasteiger partial charge on any atom is -0.275 e. The zero-order valence-corrected chi connectivity index (χ0v) is 7.12. The molecule has 0 saturated heterocycles. The molecule has 0 fully saturated rings. The molecule has 0 radical (unpaired) electrons. The lowest BCUT2D eigenvalue weighted by molar-refractivity contribution is 0.557. The smallest absolute Gasteiger partial charge is 0.0659 e. The SMILES string of the molecule is Cn1cc2c(n1)CCC(C#N)C2. The highest BCUT2D eigenvalue weighted by molar-refractivity contribution is 5.22. The van der Waals surface area contributed by atoms with Crippen LogP contribution in [0.25, 0.3) is 0 Å². The maximum atomic E-state index is 8.75. The normalized spacial score (nSPS) is 21.5. The Bertz CT molecular complexity index is 332. The fourth-order valence-electron chi connectivity index (χ4n) is 1.75. The fourth-order valence-corrected chi connectivity index (χ4v) is 1.75. The van der Waals surface area contributed by atoms with E-state index in [0.717, 1.165) is 19.3 Å². The van der Waals surface area contributed by atoms with Crippen LogP contribution in [0.1, 0.15) is 17.7 Å². The standard InChI is InChI=1S/C9H11N3/c1-12-6-8-4-7(5-10)2-3-9(8)11-12/h6-7H,2-4H2,1H3. The van der Waals surface area contributed by atoms with Gasteiger partial charge in [0.05, 0.1) is 17.7 Å². The van der Waals surface area contributed by atoms with Gasteiger partial charge in [-0.2, -0.15) is 10.4 Å². The molecule has 0 aliphatic heterocycles. The lowest BCUT2D eigenvalue weighted by Crippen LogP contribution is -2.11. The Kier molecular flexibility index (Phi) is 1.61. The first-order valence-electron chi connectivity index (χ1n) is 4.20. The molecule has 0 bridgehead atoms. The number of rotatable bonds is 0. The van der Waals surface area contributed by atoms with Crippen molar-refractivity contribution in [3.8, 4) is 6.07 Å². The van der Waals surface area contributed by atoms with E-state index < -0.39 is 0 Å². The Labute approximate surface area is 71.6 Å². The molecule has 3 heteroatoms. The van der Waals surface area contributed by atoms with Crippen molar-refractivity contribution >= 4 is 0 Å². The summed E-state index contributed by atoms with van der Waals surface area (Å²) in [7, 11) is 1.93. The van der Waals surface area contributed by atoms with Gasteiger partial charge in [0.1, 0.15) is 0 Å². The van der Waals surface area contributed by atoms with Crippen LogP contribution < -0.4 is 0 Å². The summed E-state index contributed by atoms with van der Waals surface area (Å²) in [5, 5.41) is 13.1. The third kappa shape index (κ3) is 1.10. The van der Waals surface area contributed by atoms with Crippen molar-refractivity contribution < 1.29 is 0 Å². The van der Waals surface area contributed by atoms with Crippen LogP contribution in [0.2, 0.25) is 0 Å². The zero-order valence-electron chi connectivity index (χ0n) is 7.12. The molecule has 1 aromatic rings. The molecule has 0 spiro atoms. The van der Waals surface area contributed by atoms with Crippen LogP contribution in [-0.2, 0) is 19.9 Å². The van der Waals surface area contributed by atoms with Crippen molar-refractivity contribution in [2.75, 3.05) is 0 Å². The van der Waals surface area contributed by atoms with E-state index in [-0.39, 0.29) is 5.92 Å². The van der Waals surface area contributed by atoms with Crippen molar-refractivity contribution in [1.82, 2.24) is 9.78 Å². The number of aryl methyl sites for hydroxylation is 2. The lowest BCUT2D eigenvalue weighted by atomic mass is 9.89. The van der Waals surface area contributed by atoms with Gasteiger partial charge in [-0.25, -0.2) is 0 Å². The molecule has 1 heterocycles. The highest BCUT2D eigenvalue weighted by Gasteiger charge is 2.20. The molecule has 12 heavy (non-hydrogen) atoms. The summed E-state index contributed by atoms with van der Waals surface area (Å²) in [6.07, 6.45) is 4.85. The third-order valence-electron chi connectivity index (χ3n) is 2.37. The van der Waals surface area contributed by atoms with Gasteiger partial charge in [-0.1, -0.05) is 0 Å². The summed E-state index contributed by atoms with van der Waals surface area (Å²) in [5.74, 6) is 0.210. The number of nitrogens with zero attached hydrogens (tertiary/aromatic N) is 3. The first-order chi connectivity index (χ1) is 5.79. The molecular formula is C9H11N3. The van der Waals surface area contributed by atoms with Gasteiger partial charge in [-0.15, -0.1) is 0 Å². The maximum absolute atomic E-state index is 8.75. The van der Waals surface area contributed by atoms with Crippen LogP contribution in [0.3, 0.4) is 0 Å². The lowest BCUT2D eigenvalue weighted by Gasteiger charge is -2.13. The largest absolute Gasteiger partial charge is 0.275 e. The van der Waals surface area contributed by atoms with Crippen molar-refractivity contribution in [2.24, 2.45) is 13.0 Å². The Morgan fingerprint density at radius 1 is 1.75 bits per heavy atom. The number of aromatic nitrogens is 2. The van der Waals surface area contributed by atoms with E-state index in [1.807, 2.05) is 17.9 Å². The quantitative estimate of drug-likeness (QED) is 0.570. The molecule has 0 N–H and O–H groups in total. The van der Waals surface area contributed by atoms with Crippen LogP contribution in [0.4, 0.5) is 0 Å². The van der Waals surface area contributed by atoms with Gasteiger partial charge in [-0.3, -0.25) is 4.68 Å². The van der Waals surface area contributed by atoms with Crippen molar-refractivity contribution in [3.05, 3.63) is 17.5 Å². The Morgan fingerprint density at radius 3 is 3.33 bits per heavy atom. The summed E-state index contributed by atoms with van der Waals surface area (Å²) in [4.78, 5) is 0. The average Bonchev–Trinajstić information content (AvgIpc) is 2.43. The molecule has 62 valence electrons. The van der Waals surface area contributed by atoms with E-state index in [4.69, 9.17) is 5.26 Å². The van der Waals surface area contributed by atoms with E-state index in [0.29, 0.717) is 0 Å². The van der Waals surface area contributed by atoms with Gasteiger partial charge in [0.2, 0.25) is 0 Å². The van der Waals surface area contributed by atoms with Gasteiger partial charge in [0.25, 0.3) is 0 Å². The average molecular weight is 161 g/mol. The van der Waals surface area contributed by atoms with E-state index in [2.05, 4.69) is 11.2 Å². The summed E-state index contributed by atoms with van der Waals surface area (Å²) in [5.41, 5.74) is 2.44. The molecule has 0 aromatic carbocycles. The van der Waals surface area contributed by atoms with Crippen LogP contribution in [0, 0.1) is 17.2 Å². The monoisotopic (exact) mass is 161 g/mol. The van der Waals surface area contributed by atoms with Gasteiger partial charge in [0, 0.05) is 13.2 Å². The Balaban J connectivity index is 2.29. The van der Waals surface area contributed by atoms with Crippen molar-refractivity contribution in [1.29, 1.82) is 5.26 Å². The first-order valence-corrected chi connectivity index (χ1v) is 4.20. The second-order valence-electron chi connectivity index (χ2n) is 3.34. The molecule has 1 aliphatic carbocycles. The molecule has 1 aromatic heterocycles. The zero-order chi connectivity index (χ0) is 8.55. The van der Waals surface area contributed by atoms with Gasteiger partial charge >= 0.3 is 0 Å². The van der Waals surface area contributed by atoms with Gasteiger partial charge in [-0.05, 0) is 24.8 Å². The Morgan fingerprint density at radius 2 is 2.58 bits per heavy atom. The van der Waals surface area contributed by atoms with Crippen LogP contribution in [0.15, 0.2) is 6.20 Å². The maximum Gasteiger partial charge on any atom is 0.0659 e. The molecule has 1 aliphatic rings. The van der Waals surface area contributed by atoms with Gasteiger partial charge < -0.3 is 0 Å². The van der Waals surface area contributed by atoms with Gasteiger partial charge in [0.15, 0.2) is 0 Å². The minimum atomic E-state index is 0.210. The van der Waals surface area contributed by atoms with Crippen molar-refractivity contribution in [3.63, 3.8) is 0 Å². The molecule has 1 atom stereocenters. The minimum absolute atomic E-state index is 0.210. The predicted molar refractivity (Wildman–Crippen MR) is 44.3 cm³/mol. The predicted octanol–water partition coefficient (Wildman–Crippen LogP) is 1.05. The van der Waals surface area contributed by atoms with E-state index >= 15 is 0 Å². The summed E-state index contributed by atoms with van der Waals surface area (Å²) in [6, 6.07) is 2.32. The van der Waals surface area contributed by atoms with E-state index in [1.165, 1.54) is 11.3 Å².